The highest BCUT2D eigenvalue weighted by Crippen LogP contribution is 2.28. The standard InChI is InChI=1S/C15H17N3O3/c1-3-11-7-8-14(13(9-11)18(19)20)21-10-12-5-4-6-15(16-2)17-12/h4-9H,3,10H2,1-2H3,(H,16,17). The van der Waals surface area contributed by atoms with E-state index in [-0.39, 0.29) is 18.0 Å². The third-order valence-corrected chi connectivity index (χ3v) is 3.07. The lowest BCUT2D eigenvalue weighted by atomic mass is 10.1. The van der Waals surface area contributed by atoms with Crippen molar-refractivity contribution in [3.8, 4) is 5.75 Å². The Balaban J connectivity index is 2.17. The fraction of sp³-hybridized carbons (Fsp3) is 0.267. The summed E-state index contributed by atoms with van der Waals surface area (Å²) in [6, 6.07) is 10.5. The highest BCUT2D eigenvalue weighted by Gasteiger charge is 2.15. The van der Waals surface area contributed by atoms with E-state index in [1.165, 1.54) is 0 Å². The number of nitro groups is 1. The first kappa shape index (κ1) is 14.8. The minimum absolute atomic E-state index is 0.0147. The lowest BCUT2D eigenvalue weighted by Crippen LogP contribution is -2.03. The number of pyridine rings is 1. The first-order valence-corrected chi connectivity index (χ1v) is 6.68. The van der Waals surface area contributed by atoms with E-state index in [4.69, 9.17) is 4.74 Å². The van der Waals surface area contributed by atoms with Gasteiger partial charge in [0.15, 0.2) is 5.75 Å². The van der Waals surface area contributed by atoms with Crippen LogP contribution in [0.15, 0.2) is 36.4 Å². The maximum absolute atomic E-state index is 11.1. The average molecular weight is 287 g/mol. The predicted molar refractivity (Wildman–Crippen MR) is 80.6 cm³/mol. The van der Waals surface area contributed by atoms with E-state index in [0.29, 0.717) is 5.69 Å². The Morgan fingerprint density at radius 3 is 2.81 bits per heavy atom. The minimum atomic E-state index is -0.425. The summed E-state index contributed by atoms with van der Waals surface area (Å²) in [4.78, 5) is 15.0. The summed E-state index contributed by atoms with van der Waals surface area (Å²) in [7, 11) is 1.78. The van der Waals surface area contributed by atoms with Gasteiger partial charge in [0.2, 0.25) is 0 Å². The molecule has 0 saturated heterocycles. The van der Waals surface area contributed by atoms with Crippen molar-refractivity contribution in [1.29, 1.82) is 0 Å². The Morgan fingerprint density at radius 2 is 2.14 bits per heavy atom. The van der Waals surface area contributed by atoms with E-state index >= 15 is 0 Å². The lowest BCUT2D eigenvalue weighted by molar-refractivity contribution is -0.386. The number of nitrogens with one attached hydrogen (secondary N) is 1. The van der Waals surface area contributed by atoms with Crippen LogP contribution in [0.5, 0.6) is 5.75 Å². The third-order valence-electron chi connectivity index (χ3n) is 3.07. The molecule has 1 aromatic carbocycles. The van der Waals surface area contributed by atoms with Crippen LogP contribution in [0.2, 0.25) is 0 Å². The van der Waals surface area contributed by atoms with Gasteiger partial charge in [-0.15, -0.1) is 0 Å². The van der Waals surface area contributed by atoms with Gasteiger partial charge in [0, 0.05) is 13.1 Å². The van der Waals surface area contributed by atoms with E-state index in [9.17, 15) is 10.1 Å². The molecule has 2 rings (SSSR count). The molecular weight excluding hydrogens is 270 g/mol. The highest BCUT2D eigenvalue weighted by atomic mass is 16.6. The molecule has 6 nitrogen and oxygen atoms in total. The number of benzene rings is 1. The quantitative estimate of drug-likeness (QED) is 0.652. The molecule has 0 atom stereocenters. The molecule has 0 unspecified atom stereocenters. The van der Waals surface area contributed by atoms with Crippen LogP contribution in [-0.2, 0) is 13.0 Å². The highest BCUT2D eigenvalue weighted by molar-refractivity contribution is 5.48. The van der Waals surface area contributed by atoms with Gasteiger partial charge in [-0.2, -0.15) is 0 Å². The number of ether oxygens (including phenoxy) is 1. The Bertz CT molecular complexity index is 644. The third kappa shape index (κ3) is 3.68. The van der Waals surface area contributed by atoms with Crippen molar-refractivity contribution in [3.05, 3.63) is 57.8 Å². The number of aromatic nitrogens is 1. The molecule has 0 fully saturated rings. The van der Waals surface area contributed by atoms with Crippen molar-refractivity contribution in [3.63, 3.8) is 0 Å². The normalized spacial score (nSPS) is 10.2. The Labute approximate surface area is 122 Å². The molecule has 0 saturated carbocycles. The first-order valence-electron chi connectivity index (χ1n) is 6.68. The number of nitrogens with zero attached hydrogens (tertiary/aromatic N) is 2. The monoisotopic (exact) mass is 287 g/mol. The van der Waals surface area contributed by atoms with Crippen molar-refractivity contribution < 1.29 is 9.66 Å². The molecule has 2 aromatic rings. The zero-order chi connectivity index (χ0) is 15.2. The van der Waals surface area contributed by atoms with Gasteiger partial charge in [-0.3, -0.25) is 10.1 Å². The molecule has 0 bridgehead atoms. The van der Waals surface area contributed by atoms with Crippen LogP contribution in [0, 0.1) is 10.1 Å². The molecule has 0 spiro atoms. The fourth-order valence-electron chi connectivity index (χ4n) is 1.90. The average Bonchev–Trinajstić information content (AvgIpc) is 2.52. The van der Waals surface area contributed by atoms with E-state index in [0.717, 1.165) is 17.8 Å². The van der Waals surface area contributed by atoms with Crippen molar-refractivity contribution in [1.82, 2.24) is 4.98 Å². The molecule has 1 aromatic heterocycles. The van der Waals surface area contributed by atoms with Gasteiger partial charge in [0.1, 0.15) is 12.4 Å². The molecule has 110 valence electrons. The second-order valence-electron chi connectivity index (χ2n) is 4.47. The number of hydrogen-bond donors (Lipinski definition) is 1. The van der Waals surface area contributed by atoms with Gasteiger partial charge in [-0.1, -0.05) is 19.1 Å². The Morgan fingerprint density at radius 1 is 1.33 bits per heavy atom. The molecule has 0 aliphatic rings. The summed E-state index contributed by atoms with van der Waals surface area (Å²) in [5.41, 5.74) is 1.60. The predicted octanol–water partition coefficient (Wildman–Crippen LogP) is 3.17. The molecule has 0 radical (unpaired) electrons. The molecule has 0 aliphatic carbocycles. The van der Waals surface area contributed by atoms with Crippen LogP contribution in [0.4, 0.5) is 11.5 Å². The largest absolute Gasteiger partial charge is 0.480 e. The smallest absolute Gasteiger partial charge is 0.311 e. The number of nitro benzene ring substituents is 1. The van der Waals surface area contributed by atoms with Crippen molar-refractivity contribution in [2.45, 2.75) is 20.0 Å². The summed E-state index contributed by atoms with van der Waals surface area (Å²) in [6.07, 6.45) is 0.743. The zero-order valence-electron chi connectivity index (χ0n) is 12.0. The van der Waals surface area contributed by atoms with Crippen LogP contribution in [0.3, 0.4) is 0 Å². The molecular formula is C15H17N3O3. The van der Waals surface area contributed by atoms with Crippen LogP contribution in [0.25, 0.3) is 0 Å². The van der Waals surface area contributed by atoms with Gasteiger partial charge in [0.05, 0.1) is 10.6 Å². The number of hydrogen-bond acceptors (Lipinski definition) is 5. The molecule has 6 heteroatoms. The minimum Gasteiger partial charge on any atom is -0.480 e. The second kappa shape index (κ2) is 6.69. The molecule has 0 amide bonds. The van der Waals surface area contributed by atoms with Crippen molar-refractivity contribution in [2.24, 2.45) is 0 Å². The Hall–Kier alpha value is -2.63. The lowest BCUT2D eigenvalue weighted by Gasteiger charge is -2.08. The molecule has 1 N–H and O–H groups in total. The number of anilines is 1. The first-order chi connectivity index (χ1) is 10.1. The summed E-state index contributed by atoms with van der Waals surface area (Å²) >= 11 is 0. The van der Waals surface area contributed by atoms with Crippen LogP contribution < -0.4 is 10.1 Å². The van der Waals surface area contributed by atoms with Gasteiger partial charge in [0.25, 0.3) is 0 Å². The topological polar surface area (TPSA) is 77.3 Å². The maximum atomic E-state index is 11.1. The second-order valence-corrected chi connectivity index (χ2v) is 4.47. The number of aryl methyl sites for hydroxylation is 1. The maximum Gasteiger partial charge on any atom is 0.311 e. The van der Waals surface area contributed by atoms with Gasteiger partial charge >= 0.3 is 5.69 Å². The van der Waals surface area contributed by atoms with E-state index < -0.39 is 4.92 Å². The van der Waals surface area contributed by atoms with Crippen LogP contribution in [0.1, 0.15) is 18.2 Å². The SMILES string of the molecule is CCc1ccc(OCc2cccc(NC)n2)c([N+](=O)[O-])c1. The zero-order valence-corrected chi connectivity index (χ0v) is 12.0. The summed E-state index contributed by atoms with van der Waals surface area (Å²) in [6.45, 7) is 2.13. The summed E-state index contributed by atoms with van der Waals surface area (Å²) in [5, 5.41) is 14.0. The molecule has 0 aliphatic heterocycles. The van der Waals surface area contributed by atoms with Gasteiger partial charge in [-0.25, -0.2) is 4.98 Å². The van der Waals surface area contributed by atoms with Crippen molar-refractivity contribution >= 4 is 11.5 Å². The Kier molecular flexibility index (Phi) is 4.71. The van der Waals surface area contributed by atoms with Gasteiger partial charge < -0.3 is 10.1 Å². The summed E-state index contributed by atoms with van der Waals surface area (Å²) in [5.74, 6) is 0.987. The fourth-order valence-corrected chi connectivity index (χ4v) is 1.90. The van der Waals surface area contributed by atoms with Crippen molar-refractivity contribution in [2.75, 3.05) is 12.4 Å². The van der Waals surface area contributed by atoms with Crippen LogP contribution in [-0.4, -0.2) is 17.0 Å². The van der Waals surface area contributed by atoms with Gasteiger partial charge in [-0.05, 0) is 30.2 Å². The number of rotatable bonds is 6. The van der Waals surface area contributed by atoms with E-state index in [2.05, 4.69) is 10.3 Å². The van der Waals surface area contributed by atoms with E-state index in [1.54, 1.807) is 19.2 Å². The molecule has 21 heavy (non-hydrogen) atoms. The summed E-state index contributed by atoms with van der Waals surface area (Å²) < 4.78 is 5.55. The van der Waals surface area contributed by atoms with E-state index in [1.807, 2.05) is 31.2 Å². The van der Waals surface area contributed by atoms with Crippen LogP contribution >= 0.6 is 0 Å². The molecule has 1 heterocycles.